The third-order valence-corrected chi connectivity index (χ3v) is 5.45. The summed E-state index contributed by atoms with van der Waals surface area (Å²) in [5.74, 6) is -0.842. The number of ether oxygens (including phenoxy) is 1. The van der Waals surface area contributed by atoms with Crippen molar-refractivity contribution in [1.82, 2.24) is 19.7 Å². The lowest BCUT2D eigenvalue weighted by Gasteiger charge is -2.12. The second-order valence-electron chi connectivity index (χ2n) is 8.14. The fourth-order valence-electron chi connectivity index (χ4n) is 3.80. The summed E-state index contributed by atoms with van der Waals surface area (Å²) in [5.41, 5.74) is 2.60. The zero-order valence-corrected chi connectivity index (χ0v) is 19.0. The number of nitrogens with one attached hydrogen (secondary N) is 1. The number of aromatic nitrogens is 4. The zero-order valence-electron chi connectivity index (χ0n) is 19.0. The Morgan fingerprint density at radius 3 is 2.47 bits per heavy atom. The number of hydrogen-bond donors (Lipinski definition) is 2. The van der Waals surface area contributed by atoms with Crippen LogP contribution in [0.1, 0.15) is 54.9 Å². The average Bonchev–Trinajstić information content (AvgIpc) is 3.22. The normalized spacial score (nSPS) is 11.2. The summed E-state index contributed by atoms with van der Waals surface area (Å²) in [4.78, 5) is 40.7. The van der Waals surface area contributed by atoms with Crippen molar-refractivity contribution in [2.75, 3.05) is 0 Å². The number of carboxylic acids is 1. The number of H-pyrrole nitrogens is 1. The molecule has 2 aromatic heterocycles. The quantitative estimate of drug-likeness (QED) is 0.399. The number of carbonyl (C=O) groups is 2. The fourth-order valence-corrected chi connectivity index (χ4v) is 3.80. The van der Waals surface area contributed by atoms with Gasteiger partial charge in [0.15, 0.2) is 5.52 Å². The number of carbonyl (C=O) groups excluding carboxylic acids is 1. The molecule has 2 N–H and O–H groups in total. The highest BCUT2D eigenvalue weighted by Gasteiger charge is 2.22. The molecule has 9 heteroatoms. The van der Waals surface area contributed by atoms with Gasteiger partial charge in [0.2, 0.25) is 0 Å². The van der Waals surface area contributed by atoms with Crippen molar-refractivity contribution >= 4 is 23.0 Å². The minimum absolute atomic E-state index is 0.0109. The van der Waals surface area contributed by atoms with Crippen molar-refractivity contribution in [2.45, 2.75) is 39.7 Å². The third-order valence-electron chi connectivity index (χ3n) is 5.45. The molecule has 9 nitrogen and oxygen atoms in total. The third kappa shape index (κ3) is 4.32. The van der Waals surface area contributed by atoms with Crippen LogP contribution in [-0.2, 0) is 11.3 Å². The second kappa shape index (κ2) is 9.30. The summed E-state index contributed by atoms with van der Waals surface area (Å²) >= 11 is 0. The van der Waals surface area contributed by atoms with Crippen LogP contribution in [0.25, 0.3) is 22.2 Å². The van der Waals surface area contributed by atoms with Crippen LogP contribution in [0.15, 0.2) is 53.3 Å². The van der Waals surface area contributed by atoms with Crippen LogP contribution in [0.2, 0.25) is 0 Å². The molecule has 0 amide bonds. The van der Waals surface area contributed by atoms with Crippen LogP contribution in [0.5, 0.6) is 5.88 Å². The smallest absolute Gasteiger partial charge is 0.336 e. The second-order valence-corrected chi connectivity index (χ2v) is 8.14. The lowest BCUT2D eigenvalue weighted by atomic mass is 9.98. The first-order valence-corrected chi connectivity index (χ1v) is 10.9. The van der Waals surface area contributed by atoms with E-state index in [0.717, 1.165) is 11.1 Å². The van der Waals surface area contributed by atoms with Crippen LogP contribution in [-0.4, -0.2) is 36.8 Å². The Kier molecular flexibility index (Phi) is 6.27. The highest BCUT2D eigenvalue weighted by molar-refractivity contribution is 5.96. The van der Waals surface area contributed by atoms with E-state index in [4.69, 9.17) is 4.74 Å². The Balaban J connectivity index is 1.76. The molecule has 2 heterocycles. The van der Waals surface area contributed by atoms with Gasteiger partial charge in [-0.15, -0.1) is 5.10 Å². The van der Waals surface area contributed by atoms with Gasteiger partial charge in [-0.2, -0.15) is 0 Å². The number of rotatable bonds is 7. The van der Waals surface area contributed by atoms with Crippen molar-refractivity contribution < 1.29 is 19.4 Å². The van der Waals surface area contributed by atoms with Crippen molar-refractivity contribution in [3.05, 3.63) is 75.8 Å². The standard InChI is InChI=1S/C25H24N4O5/c1-4-19(30)34-24-20-21(23(31)27-28-24)29(22(26-20)14(2)3)13-15-9-11-16(12-10-15)17-7-5-6-8-18(17)25(32)33/h5-12,14H,4,13H2,1-3H3,(H,27,31)(H,32,33). The van der Waals surface area contributed by atoms with E-state index in [1.807, 2.05) is 38.1 Å². The Morgan fingerprint density at radius 1 is 1.12 bits per heavy atom. The van der Waals surface area contributed by atoms with Crippen molar-refractivity contribution in [3.8, 4) is 17.0 Å². The van der Waals surface area contributed by atoms with Crippen LogP contribution in [0.3, 0.4) is 0 Å². The summed E-state index contributed by atoms with van der Waals surface area (Å²) < 4.78 is 7.08. The molecule has 0 atom stereocenters. The zero-order chi connectivity index (χ0) is 24.4. The molecule has 0 saturated heterocycles. The monoisotopic (exact) mass is 460 g/mol. The van der Waals surface area contributed by atoms with E-state index >= 15 is 0 Å². The molecule has 0 unspecified atom stereocenters. The van der Waals surface area contributed by atoms with Crippen LogP contribution >= 0.6 is 0 Å². The molecule has 0 aliphatic rings. The van der Waals surface area contributed by atoms with Crippen molar-refractivity contribution in [1.29, 1.82) is 0 Å². The van der Waals surface area contributed by atoms with Crippen LogP contribution < -0.4 is 10.3 Å². The Labute approximate surface area is 195 Å². The molecule has 0 saturated carbocycles. The molecular weight excluding hydrogens is 436 g/mol. The molecule has 0 radical (unpaired) electrons. The van der Waals surface area contributed by atoms with Gasteiger partial charge in [-0.05, 0) is 22.8 Å². The SMILES string of the molecule is CCC(=O)Oc1n[nH]c(=O)c2c1nc(C(C)C)n2Cc1ccc(-c2ccccc2C(=O)O)cc1. The molecule has 2 aromatic carbocycles. The summed E-state index contributed by atoms with van der Waals surface area (Å²) in [5, 5.41) is 15.8. The van der Waals surface area contributed by atoms with Gasteiger partial charge in [0.1, 0.15) is 11.3 Å². The van der Waals surface area contributed by atoms with Gasteiger partial charge in [0.05, 0.1) is 5.56 Å². The van der Waals surface area contributed by atoms with Crippen molar-refractivity contribution in [3.63, 3.8) is 0 Å². The number of aromatic amines is 1. The molecule has 4 aromatic rings. The van der Waals surface area contributed by atoms with E-state index in [1.54, 1.807) is 35.8 Å². The lowest BCUT2D eigenvalue weighted by Crippen LogP contribution is -2.17. The maximum Gasteiger partial charge on any atom is 0.336 e. The summed E-state index contributed by atoms with van der Waals surface area (Å²) in [6.45, 7) is 5.94. The van der Waals surface area contributed by atoms with Crippen LogP contribution in [0.4, 0.5) is 0 Å². The number of imidazole rings is 1. The topological polar surface area (TPSA) is 127 Å². The van der Waals surface area contributed by atoms with Crippen molar-refractivity contribution in [2.24, 2.45) is 0 Å². The maximum absolute atomic E-state index is 12.7. The van der Waals surface area contributed by atoms with Gasteiger partial charge in [0.25, 0.3) is 11.4 Å². The van der Waals surface area contributed by atoms with E-state index < -0.39 is 17.5 Å². The number of carboxylic acid groups (broad SMARTS) is 1. The molecule has 0 bridgehead atoms. The molecule has 34 heavy (non-hydrogen) atoms. The first-order valence-electron chi connectivity index (χ1n) is 10.9. The summed E-state index contributed by atoms with van der Waals surface area (Å²) in [6.07, 6.45) is 0.164. The Morgan fingerprint density at radius 2 is 1.82 bits per heavy atom. The molecule has 0 spiro atoms. The van der Waals surface area contributed by atoms with E-state index in [9.17, 15) is 19.5 Å². The molecule has 4 rings (SSSR count). The van der Waals surface area contributed by atoms with Gasteiger partial charge < -0.3 is 14.4 Å². The molecular formula is C25H24N4O5. The molecule has 174 valence electrons. The maximum atomic E-state index is 12.7. The lowest BCUT2D eigenvalue weighted by molar-refractivity contribution is -0.134. The average molecular weight is 460 g/mol. The van der Waals surface area contributed by atoms with E-state index in [1.165, 1.54) is 0 Å². The number of esters is 1. The van der Waals surface area contributed by atoms with E-state index in [-0.39, 0.29) is 34.8 Å². The minimum atomic E-state index is -0.987. The molecule has 0 aliphatic carbocycles. The number of hydrogen-bond acceptors (Lipinski definition) is 6. The number of fused-ring (bicyclic) bond motifs is 1. The number of benzene rings is 2. The number of nitrogens with zero attached hydrogens (tertiary/aromatic N) is 3. The minimum Gasteiger partial charge on any atom is -0.478 e. The predicted molar refractivity (Wildman–Crippen MR) is 126 cm³/mol. The van der Waals surface area contributed by atoms with Gasteiger partial charge in [-0.1, -0.05) is 63.2 Å². The molecule has 0 aliphatic heterocycles. The Hall–Kier alpha value is -4.27. The van der Waals surface area contributed by atoms with Gasteiger partial charge >= 0.3 is 11.9 Å². The fraction of sp³-hybridized carbons (Fsp3) is 0.240. The summed E-state index contributed by atoms with van der Waals surface area (Å²) in [7, 11) is 0. The van der Waals surface area contributed by atoms with Gasteiger partial charge in [-0.25, -0.2) is 14.9 Å². The number of aromatic carboxylic acids is 1. The largest absolute Gasteiger partial charge is 0.478 e. The van der Waals surface area contributed by atoms with Crippen LogP contribution in [0, 0.1) is 0 Å². The molecule has 0 fully saturated rings. The van der Waals surface area contributed by atoms with E-state index in [2.05, 4.69) is 15.2 Å². The van der Waals surface area contributed by atoms with Gasteiger partial charge in [-0.3, -0.25) is 9.59 Å². The predicted octanol–water partition coefficient (Wildman–Crippen LogP) is 3.97. The first kappa shape index (κ1) is 22.9. The highest BCUT2D eigenvalue weighted by Crippen LogP contribution is 2.28. The van der Waals surface area contributed by atoms with E-state index in [0.29, 0.717) is 17.9 Å². The first-order chi connectivity index (χ1) is 16.3. The summed E-state index contributed by atoms with van der Waals surface area (Å²) in [6, 6.07) is 14.3. The highest BCUT2D eigenvalue weighted by atomic mass is 16.5. The Bertz CT molecular complexity index is 1430. The van der Waals surface area contributed by atoms with Gasteiger partial charge in [0, 0.05) is 18.9 Å².